The Bertz CT molecular complexity index is 1550. The lowest BCUT2D eigenvalue weighted by Gasteiger charge is -2.30. The Morgan fingerprint density at radius 2 is 1.83 bits per heavy atom. The van der Waals surface area contributed by atoms with E-state index < -0.39 is 5.97 Å². The van der Waals surface area contributed by atoms with Crippen LogP contribution in [0.15, 0.2) is 47.3 Å². The fourth-order valence-corrected chi connectivity index (χ4v) is 4.97. The smallest absolute Gasteiger partial charge is 0.327 e. The van der Waals surface area contributed by atoms with Crippen molar-refractivity contribution >= 4 is 16.9 Å². The first-order valence-electron chi connectivity index (χ1n) is 14.1. The molecule has 0 fully saturated rings. The maximum atomic E-state index is 13.2. The zero-order valence-corrected chi connectivity index (χ0v) is 24.8. The molecule has 12 heteroatoms. The molecule has 0 bridgehead atoms. The van der Waals surface area contributed by atoms with Gasteiger partial charge in [-0.25, -0.2) is 4.68 Å². The van der Waals surface area contributed by atoms with E-state index in [1.54, 1.807) is 21.1 Å². The van der Waals surface area contributed by atoms with Crippen LogP contribution in [0.5, 0.6) is 17.2 Å². The molecule has 0 radical (unpaired) electrons. The van der Waals surface area contributed by atoms with Crippen LogP contribution in [-0.2, 0) is 29.0 Å². The molecule has 1 atom stereocenters. The van der Waals surface area contributed by atoms with Crippen molar-refractivity contribution in [1.29, 1.82) is 0 Å². The van der Waals surface area contributed by atoms with E-state index in [9.17, 15) is 9.59 Å². The van der Waals surface area contributed by atoms with Crippen LogP contribution in [0.1, 0.15) is 50.2 Å². The van der Waals surface area contributed by atoms with Crippen molar-refractivity contribution in [3.8, 4) is 17.2 Å². The number of hydrogen-bond acceptors (Lipinski definition) is 10. The minimum Gasteiger partial charge on any atom is -0.494 e. The molecule has 12 nitrogen and oxygen atoms in total. The van der Waals surface area contributed by atoms with Gasteiger partial charge in [0.15, 0.2) is 17.3 Å². The van der Waals surface area contributed by atoms with Crippen LogP contribution < -0.4 is 19.8 Å². The van der Waals surface area contributed by atoms with Crippen LogP contribution in [0.3, 0.4) is 0 Å². The van der Waals surface area contributed by atoms with E-state index in [4.69, 9.17) is 18.9 Å². The number of tetrazole rings is 1. The number of esters is 1. The molecule has 42 heavy (non-hydrogen) atoms. The number of hydrogen-bond donors (Lipinski definition) is 1. The van der Waals surface area contributed by atoms with Gasteiger partial charge >= 0.3 is 5.97 Å². The summed E-state index contributed by atoms with van der Waals surface area (Å²) in [6, 6.07) is 13.0. The van der Waals surface area contributed by atoms with Crippen LogP contribution in [0, 0.1) is 0 Å². The highest BCUT2D eigenvalue weighted by Crippen LogP contribution is 2.29. The molecule has 0 saturated heterocycles. The summed E-state index contributed by atoms with van der Waals surface area (Å²) in [6.45, 7) is 7.30. The number of pyridine rings is 1. The molecule has 0 aliphatic heterocycles. The predicted molar refractivity (Wildman–Crippen MR) is 157 cm³/mol. The highest BCUT2D eigenvalue weighted by Gasteiger charge is 2.27. The monoisotopic (exact) mass is 578 g/mol. The van der Waals surface area contributed by atoms with Gasteiger partial charge in [0, 0.05) is 29.6 Å². The van der Waals surface area contributed by atoms with Gasteiger partial charge in [-0.2, -0.15) is 0 Å². The van der Waals surface area contributed by atoms with E-state index in [-0.39, 0.29) is 24.8 Å². The number of carbonyl (C=O) groups is 1. The second-order valence-corrected chi connectivity index (χ2v) is 9.64. The van der Waals surface area contributed by atoms with Gasteiger partial charge in [0.2, 0.25) is 0 Å². The molecule has 0 spiro atoms. The molecule has 224 valence electrons. The van der Waals surface area contributed by atoms with Crippen molar-refractivity contribution < 1.29 is 23.7 Å². The second kappa shape index (κ2) is 14.4. The molecule has 2 heterocycles. The molecule has 2 aromatic heterocycles. The molecule has 0 aliphatic carbocycles. The topological polar surface area (TPSA) is 134 Å². The third-order valence-electron chi connectivity index (χ3n) is 6.98. The molecule has 4 rings (SSSR count). The SMILES string of the molecule is CCOC(=O)Cn1nnnc1C(CC)N(CCc1ccc(OC)c(OC)c1)Cc1cc2cc(OCC)ccc2[nH]c1=O. The molecular weight excluding hydrogens is 540 g/mol. The van der Waals surface area contributed by atoms with Crippen LogP contribution >= 0.6 is 0 Å². The fourth-order valence-electron chi connectivity index (χ4n) is 4.97. The first-order valence-corrected chi connectivity index (χ1v) is 14.1. The van der Waals surface area contributed by atoms with E-state index in [1.165, 1.54) is 4.68 Å². The number of H-pyrrole nitrogens is 1. The van der Waals surface area contributed by atoms with Gasteiger partial charge < -0.3 is 23.9 Å². The highest BCUT2D eigenvalue weighted by atomic mass is 16.5. The van der Waals surface area contributed by atoms with E-state index >= 15 is 0 Å². The molecule has 4 aromatic rings. The Morgan fingerprint density at radius 1 is 1.02 bits per heavy atom. The summed E-state index contributed by atoms with van der Waals surface area (Å²) in [6.07, 6.45) is 1.28. The van der Waals surface area contributed by atoms with Gasteiger partial charge in [0.25, 0.3) is 5.56 Å². The lowest BCUT2D eigenvalue weighted by atomic mass is 10.1. The standard InChI is InChI=1S/C30H38N6O6/c1-6-25(29-32-33-34-36(29)19-28(37)42-8-3)35(14-13-20-9-12-26(39-4)27(15-20)40-5)18-22-16-21-17-23(41-7-2)10-11-24(21)31-30(22)38/h9-12,15-17,25H,6-8,13-14,18-19H2,1-5H3,(H,31,38). The third kappa shape index (κ3) is 7.24. The molecule has 0 amide bonds. The minimum atomic E-state index is -0.422. The predicted octanol–water partition coefficient (Wildman–Crippen LogP) is 3.69. The number of fused-ring (bicyclic) bond motifs is 1. The number of aromatic nitrogens is 5. The quantitative estimate of drug-likeness (QED) is 0.208. The highest BCUT2D eigenvalue weighted by molar-refractivity contribution is 5.80. The number of nitrogens with zero attached hydrogens (tertiary/aromatic N) is 5. The second-order valence-electron chi connectivity index (χ2n) is 9.64. The summed E-state index contributed by atoms with van der Waals surface area (Å²) in [5, 5.41) is 13.1. The van der Waals surface area contributed by atoms with Gasteiger partial charge in [-0.3, -0.25) is 14.5 Å². The maximum Gasteiger partial charge on any atom is 0.327 e. The van der Waals surface area contributed by atoms with Crippen molar-refractivity contribution in [3.05, 3.63) is 69.8 Å². The number of carbonyl (C=O) groups excluding carboxylic acids is 1. The van der Waals surface area contributed by atoms with Crippen LogP contribution in [0.2, 0.25) is 0 Å². The Balaban J connectivity index is 1.69. The van der Waals surface area contributed by atoms with Crippen molar-refractivity contribution in [2.75, 3.05) is 34.0 Å². The number of ether oxygens (including phenoxy) is 4. The van der Waals surface area contributed by atoms with Gasteiger partial charge in [0.1, 0.15) is 12.3 Å². The van der Waals surface area contributed by atoms with E-state index in [0.29, 0.717) is 55.4 Å². The van der Waals surface area contributed by atoms with Crippen molar-refractivity contribution in [1.82, 2.24) is 30.1 Å². The van der Waals surface area contributed by atoms with E-state index in [0.717, 1.165) is 22.2 Å². The maximum absolute atomic E-state index is 13.2. The number of aromatic amines is 1. The molecule has 1 N–H and O–H groups in total. The minimum absolute atomic E-state index is 0.104. The van der Waals surface area contributed by atoms with E-state index in [1.807, 2.05) is 56.3 Å². The lowest BCUT2D eigenvalue weighted by molar-refractivity contribution is -0.144. The molecule has 0 aliphatic rings. The first kappa shape index (κ1) is 30.5. The summed E-state index contributed by atoms with van der Waals surface area (Å²) in [5.74, 6) is 2.13. The zero-order valence-electron chi connectivity index (χ0n) is 24.8. The number of rotatable bonds is 15. The molecular formula is C30H38N6O6. The Kier molecular flexibility index (Phi) is 10.5. The summed E-state index contributed by atoms with van der Waals surface area (Å²) in [5.41, 5.74) is 2.18. The Morgan fingerprint density at radius 3 is 2.55 bits per heavy atom. The summed E-state index contributed by atoms with van der Waals surface area (Å²) in [4.78, 5) is 30.7. The fraction of sp³-hybridized carbons (Fsp3) is 0.433. The number of methoxy groups -OCH3 is 2. The van der Waals surface area contributed by atoms with Crippen molar-refractivity contribution in [2.45, 2.75) is 52.7 Å². The van der Waals surface area contributed by atoms with Crippen LogP contribution in [0.4, 0.5) is 0 Å². The number of benzene rings is 2. The van der Waals surface area contributed by atoms with Gasteiger partial charge in [-0.15, -0.1) is 5.10 Å². The Hall–Kier alpha value is -4.45. The molecule has 2 aromatic carbocycles. The average molecular weight is 579 g/mol. The van der Waals surface area contributed by atoms with Gasteiger partial charge in [-0.1, -0.05) is 13.0 Å². The normalized spacial score (nSPS) is 12.0. The third-order valence-corrected chi connectivity index (χ3v) is 6.98. The summed E-state index contributed by atoms with van der Waals surface area (Å²) < 4.78 is 23.1. The number of nitrogens with one attached hydrogen (secondary N) is 1. The van der Waals surface area contributed by atoms with Gasteiger partial charge in [-0.05, 0) is 79.1 Å². The van der Waals surface area contributed by atoms with Crippen LogP contribution in [0.25, 0.3) is 10.9 Å². The molecule has 1 unspecified atom stereocenters. The summed E-state index contributed by atoms with van der Waals surface area (Å²) >= 11 is 0. The average Bonchev–Trinajstić information content (AvgIpc) is 3.44. The summed E-state index contributed by atoms with van der Waals surface area (Å²) in [7, 11) is 3.21. The lowest BCUT2D eigenvalue weighted by Crippen LogP contribution is -2.34. The largest absolute Gasteiger partial charge is 0.494 e. The zero-order chi connectivity index (χ0) is 30.1. The van der Waals surface area contributed by atoms with E-state index in [2.05, 4.69) is 25.4 Å². The first-order chi connectivity index (χ1) is 20.4. The van der Waals surface area contributed by atoms with Crippen molar-refractivity contribution in [2.24, 2.45) is 0 Å². The molecule has 0 saturated carbocycles. The van der Waals surface area contributed by atoms with Crippen molar-refractivity contribution in [3.63, 3.8) is 0 Å². The van der Waals surface area contributed by atoms with Gasteiger partial charge in [0.05, 0.1) is 33.5 Å². The Labute approximate surface area is 244 Å². The van der Waals surface area contributed by atoms with Crippen LogP contribution in [-0.4, -0.2) is 70.0 Å².